The summed E-state index contributed by atoms with van der Waals surface area (Å²) in [7, 11) is 1.71. The number of benzene rings is 1. The summed E-state index contributed by atoms with van der Waals surface area (Å²) in [6.07, 6.45) is 5.71. The highest BCUT2D eigenvalue weighted by Gasteiger charge is 2.22. The summed E-state index contributed by atoms with van der Waals surface area (Å²) < 4.78 is 5.42. The van der Waals surface area contributed by atoms with Gasteiger partial charge in [-0.05, 0) is 25.0 Å². The zero-order valence-electron chi connectivity index (χ0n) is 12.7. The summed E-state index contributed by atoms with van der Waals surface area (Å²) in [5, 5.41) is 5.84. The summed E-state index contributed by atoms with van der Waals surface area (Å²) in [6.45, 7) is 0.0290. The topological polar surface area (TPSA) is 70.7 Å². The van der Waals surface area contributed by atoms with Gasteiger partial charge < -0.3 is 20.3 Å². The van der Waals surface area contributed by atoms with Gasteiger partial charge in [-0.2, -0.15) is 0 Å². The first-order chi connectivity index (χ1) is 10.6. The number of amides is 3. The fraction of sp³-hybridized carbons (Fsp3) is 0.500. The van der Waals surface area contributed by atoms with Gasteiger partial charge in [-0.3, -0.25) is 4.79 Å². The summed E-state index contributed by atoms with van der Waals surface area (Å²) >= 11 is 0. The zero-order valence-corrected chi connectivity index (χ0v) is 12.7. The first kappa shape index (κ1) is 14.7. The van der Waals surface area contributed by atoms with Crippen molar-refractivity contribution in [3.8, 4) is 5.75 Å². The molecule has 1 aromatic rings. The lowest BCUT2D eigenvalue weighted by molar-refractivity contribution is -0.120. The Hall–Kier alpha value is -2.24. The van der Waals surface area contributed by atoms with Crippen LogP contribution < -0.4 is 20.3 Å². The van der Waals surface area contributed by atoms with Gasteiger partial charge in [0, 0.05) is 24.8 Å². The van der Waals surface area contributed by atoms with Crippen molar-refractivity contribution in [1.82, 2.24) is 5.32 Å². The molecule has 0 bridgehead atoms. The molecule has 3 rings (SSSR count). The molecule has 0 radical (unpaired) electrons. The van der Waals surface area contributed by atoms with Gasteiger partial charge in [0.1, 0.15) is 5.75 Å². The van der Waals surface area contributed by atoms with Crippen LogP contribution >= 0.6 is 0 Å². The number of rotatable bonds is 2. The van der Waals surface area contributed by atoms with Crippen molar-refractivity contribution in [2.24, 2.45) is 0 Å². The molecule has 2 N–H and O–H groups in total. The van der Waals surface area contributed by atoms with Crippen molar-refractivity contribution in [3.63, 3.8) is 0 Å². The standard InChI is InChI=1S/C16H21N3O3/c1-19-13-8-7-12(9-14(13)22-10-15(19)20)18-16(21)17-11-5-3-2-4-6-11/h7-9,11H,2-6,10H2,1H3,(H2,17,18,21). The summed E-state index contributed by atoms with van der Waals surface area (Å²) in [5.74, 6) is 0.529. The molecular formula is C16H21N3O3. The quantitative estimate of drug-likeness (QED) is 0.882. The van der Waals surface area contributed by atoms with Gasteiger partial charge in [0.2, 0.25) is 0 Å². The Balaban J connectivity index is 1.63. The van der Waals surface area contributed by atoms with Crippen molar-refractivity contribution in [2.75, 3.05) is 23.9 Å². The van der Waals surface area contributed by atoms with Gasteiger partial charge >= 0.3 is 6.03 Å². The Labute approximate surface area is 129 Å². The van der Waals surface area contributed by atoms with E-state index in [9.17, 15) is 9.59 Å². The third-order valence-corrected chi connectivity index (χ3v) is 4.24. The molecule has 3 amide bonds. The molecular weight excluding hydrogens is 282 g/mol. The minimum absolute atomic E-state index is 0.0290. The van der Waals surface area contributed by atoms with Crippen LogP contribution in [0.1, 0.15) is 32.1 Å². The molecule has 0 aromatic heterocycles. The van der Waals surface area contributed by atoms with E-state index in [2.05, 4.69) is 10.6 Å². The number of nitrogens with one attached hydrogen (secondary N) is 2. The fourth-order valence-electron chi connectivity index (χ4n) is 2.95. The molecule has 0 unspecified atom stereocenters. The molecule has 6 heteroatoms. The number of likely N-dealkylation sites (N-methyl/N-ethyl adjacent to an activating group) is 1. The first-order valence-electron chi connectivity index (χ1n) is 7.74. The molecule has 0 saturated heterocycles. The van der Waals surface area contributed by atoms with E-state index in [0.29, 0.717) is 11.4 Å². The normalized spacial score (nSPS) is 18.4. The number of anilines is 2. The van der Waals surface area contributed by atoms with Crippen LogP contribution in [0.4, 0.5) is 16.2 Å². The maximum absolute atomic E-state index is 12.0. The number of hydrogen-bond acceptors (Lipinski definition) is 3. The van der Waals surface area contributed by atoms with Crippen molar-refractivity contribution >= 4 is 23.3 Å². The monoisotopic (exact) mass is 303 g/mol. The number of carbonyl (C=O) groups is 2. The Morgan fingerprint density at radius 3 is 2.82 bits per heavy atom. The average Bonchev–Trinajstić information content (AvgIpc) is 2.52. The lowest BCUT2D eigenvalue weighted by atomic mass is 9.96. The van der Waals surface area contributed by atoms with Crippen LogP contribution in [-0.4, -0.2) is 31.6 Å². The van der Waals surface area contributed by atoms with Crippen molar-refractivity contribution in [1.29, 1.82) is 0 Å². The Bertz CT molecular complexity index is 582. The second-order valence-corrected chi connectivity index (χ2v) is 5.86. The highest BCUT2D eigenvalue weighted by Crippen LogP contribution is 2.33. The lowest BCUT2D eigenvalue weighted by Gasteiger charge is -2.26. The number of hydrogen-bond donors (Lipinski definition) is 2. The molecule has 1 heterocycles. The lowest BCUT2D eigenvalue weighted by Crippen LogP contribution is -2.39. The molecule has 0 spiro atoms. The van der Waals surface area contributed by atoms with Gasteiger partial charge in [-0.15, -0.1) is 0 Å². The summed E-state index contributed by atoms with van der Waals surface area (Å²) in [5.41, 5.74) is 1.38. The molecule has 6 nitrogen and oxygen atoms in total. The van der Waals surface area contributed by atoms with E-state index in [1.54, 1.807) is 30.1 Å². The van der Waals surface area contributed by atoms with Crippen LogP contribution in [0.5, 0.6) is 5.75 Å². The van der Waals surface area contributed by atoms with E-state index in [4.69, 9.17) is 4.74 Å². The van der Waals surface area contributed by atoms with E-state index >= 15 is 0 Å². The van der Waals surface area contributed by atoms with Crippen molar-refractivity contribution < 1.29 is 14.3 Å². The number of carbonyl (C=O) groups excluding carboxylic acids is 2. The van der Waals surface area contributed by atoms with Crippen LogP contribution in [0.25, 0.3) is 0 Å². The van der Waals surface area contributed by atoms with E-state index in [1.165, 1.54) is 19.3 Å². The Morgan fingerprint density at radius 2 is 2.05 bits per heavy atom. The average molecular weight is 303 g/mol. The summed E-state index contributed by atoms with van der Waals surface area (Å²) in [6, 6.07) is 5.39. The summed E-state index contributed by atoms with van der Waals surface area (Å²) in [4.78, 5) is 25.2. The van der Waals surface area contributed by atoms with Crippen LogP contribution in [-0.2, 0) is 4.79 Å². The highest BCUT2D eigenvalue weighted by atomic mass is 16.5. The van der Waals surface area contributed by atoms with Gasteiger partial charge in [-0.25, -0.2) is 4.79 Å². The molecule has 1 aromatic carbocycles. The van der Waals surface area contributed by atoms with E-state index in [-0.39, 0.29) is 24.6 Å². The smallest absolute Gasteiger partial charge is 0.319 e. The molecule has 0 atom stereocenters. The SMILES string of the molecule is CN1C(=O)COc2cc(NC(=O)NC3CCCCC3)ccc21. The highest BCUT2D eigenvalue weighted by molar-refractivity contribution is 5.98. The van der Waals surface area contributed by atoms with E-state index in [1.807, 2.05) is 0 Å². The first-order valence-corrected chi connectivity index (χ1v) is 7.74. The second-order valence-electron chi connectivity index (χ2n) is 5.86. The van der Waals surface area contributed by atoms with Crippen molar-refractivity contribution in [3.05, 3.63) is 18.2 Å². The molecule has 118 valence electrons. The van der Waals surface area contributed by atoms with Gasteiger partial charge in [0.15, 0.2) is 6.61 Å². The number of nitrogens with zero attached hydrogens (tertiary/aromatic N) is 1. The molecule has 1 aliphatic heterocycles. The minimum atomic E-state index is -0.188. The third-order valence-electron chi connectivity index (χ3n) is 4.24. The van der Waals surface area contributed by atoms with E-state index in [0.717, 1.165) is 18.5 Å². The largest absolute Gasteiger partial charge is 0.481 e. The molecule has 1 saturated carbocycles. The number of urea groups is 1. The molecule has 22 heavy (non-hydrogen) atoms. The van der Waals surface area contributed by atoms with Crippen LogP contribution in [0, 0.1) is 0 Å². The van der Waals surface area contributed by atoms with Crippen molar-refractivity contribution in [2.45, 2.75) is 38.1 Å². The van der Waals surface area contributed by atoms with Gasteiger partial charge in [0.05, 0.1) is 5.69 Å². The Morgan fingerprint density at radius 1 is 1.27 bits per heavy atom. The van der Waals surface area contributed by atoms with E-state index < -0.39 is 0 Å². The fourth-order valence-corrected chi connectivity index (χ4v) is 2.95. The van der Waals surface area contributed by atoms with Crippen LogP contribution in [0.15, 0.2) is 18.2 Å². The molecule has 2 aliphatic rings. The van der Waals surface area contributed by atoms with Crippen LogP contribution in [0.3, 0.4) is 0 Å². The number of fused-ring (bicyclic) bond motifs is 1. The third kappa shape index (κ3) is 3.16. The zero-order chi connectivity index (χ0) is 15.5. The number of ether oxygens (including phenoxy) is 1. The predicted molar refractivity (Wildman–Crippen MR) is 84.4 cm³/mol. The molecule has 1 aliphatic carbocycles. The van der Waals surface area contributed by atoms with Gasteiger partial charge in [0.25, 0.3) is 5.91 Å². The molecule has 1 fully saturated rings. The Kier molecular flexibility index (Phi) is 4.18. The van der Waals surface area contributed by atoms with Crippen LogP contribution in [0.2, 0.25) is 0 Å². The second kappa shape index (κ2) is 6.25. The van der Waals surface area contributed by atoms with Gasteiger partial charge in [-0.1, -0.05) is 19.3 Å². The maximum Gasteiger partial charge on any atom is 0.319 e. The predicted octanol–water partition coefficient (Wildman–Crippen LogP) is 2.50. The maximum atomic E-state index is 12.0. The minimum Gasteiger partial charge on any atom is -0.481 e.